The van der Waals surface area contributed by atoms with Crippen LogP contribution in [0.25, 0.3) is 0 Å². The highest BCUT2D eigenvalue weighted by molar-refractivity contribution is 5.88. The molecule has 2 aromatic rings. The fraction of sp³-hybridized carbons (Fsp3) is 0.292. The van der Waals surface area contributed by atoms with Gasteiger partial charge in [-0.1, -0.05) is 53.6 Å². The van der Waals surface area contributed by atoms with Gasteiger partial charge in [0, 0.05) is 0 Å². The van der Waals surface area contributed by atoms with Gasteiger partial charge in [-0.25, -0.2) is 4.79 Å². The van der Waals surface area contributed by atoms with E-state index in [9.17, 15) is 9.90 Å². The zero-order chi connectivity index (χ0) is 19.6. The topological polar surface area (TPSA) is 46.5 Å². The van der Waals surface area contributed by atoms with Crippen molar-refractivity contribution in [3.63, 3.8) is 0 Å². The van der Waals surface area contributed by atoms with Crippen LogP contribution in [0, 0.1) is 0 Å². The third-order valence-corrected chi connectivity index (χ3v) is 4.31. The van der Waals surface area contributed by atoms with Crippen molar-refractivity contribution in [1.82, 2.24) is 0 Å². The number of ether oxygens (including phenoxy) is 1. The van der Waals surface area contributed by atoms with Gasteiger partial charge in [-0.3, -0.25) is 0 Å². The van der Waals surface area contributed by atoms with Crippen LogP contribution in [-0.4, -0.2) is 11.1 Å². The number of rotatable bonds is 9. The molecule has 2 aromatic carbocycles. The van der Waals surface area contributed by atoms with E-state index in [4.69, 9.17) is 4.74 Å². The highest BCUT2D eigenvalue weighted by Gasteiger charge is 2.09. The van der Waals surface area contributed by atoms with Crippen LogP contribution >= 0.6 is 0 Å². The summed E-state index contributed by atoms with van der Waals surface area (Å²) in [5, 5.41) is 9.29. The smallest absolute Gasteiger partial charge is 0.335 e. The minimum atomic E-state index is -0.921. The quantitative estimate of drug-likeness (QED) is 0.539. The second-order valence-corrected chi connectivity index (χ2v) is 6.98. The van der Waals surface area contributed by atoms with Crippen molar-refractivity contribution in [2.45, 2.75) is 46.6 Å². The molecule has 0 aliphatic heterocycles. The fourth-order valence-electron chi connectivity index (χ4n) is 2.72. The van der Waals surface area contributed by atoms with Crippen molar-refractivity contribution in [3.8, 4) is 5.75 Å². The molecule has 1 N–H and O–H groups in total. The number of benzene rings is 2. The molecular weight excluding hydrogens is 336 g/mol. The van der Waals surface area contributed by atoms with Gasteiger partial charge in [0.05, 0.1) is 5.56 Å². The summed E-state index contributed by atoms with van der Waals surface area (Å²) < 4.78 is 5.97. The van der Waals surface area contributed by atoms with E-state index in [-0.39, 0.29) is 5.56 Å². The van der Waals surface area contributed by atoms with E-state index in [1.807, 2.05) is 30.3 Å². The van der Waals surface area contributed by atoms with E-state index in [2.05, 4.69) is 32.9 Å². The summed E-state index contributed by atoms with van der Waals surface area (Å²) in [6, 6.07) is 15.0. The Morgan fingerprint density at radius 2 is 1.78 bits per heavy atom. The van der Waals surface area contributed by atoms with Crippen LogP contribution < -0.4 is 4.74 Å². The van der Waals surface area contributed by atoms with Crippen LogP contribution in [0.4, 0.5) is 0 Å². The van der Waals surface area contributed by atoms with Crippen molar-refractivity contribution in [3.05, 3.63) is 88.5 Å². The van der Waals surface area contributed by atoms with E-state index < -0.39 is 5.97 Å². The first-order valence-corrected chi connectivity index (χ1v) is 9.27. The normalized spacial score (nSPS) is 11.1. The van der Waals surface area contributed by atoms with E-state index in [0.717, 1.165) is 29.7 Å². The number of carboxylic acids is 1. The molecule has 3 nitrogen and oxygen atoms in total. The van der Waals surface area contributed by atoms with Crippen LogP contribution in [0.15, 0.2) is 71.8 Å². The molecule has 0 saturated heterocycles. The second kappa shape index (κ2) is 10.4. The first-order chi connectivity index (χ1) is 13.0. The fourth-order valence-corrected chi connectivity index (χ4v) is 2.72. The summed E-state index contributed by atoms with van der Waals surface area (Å²) in [4.78, 5) is 11.3. The molecule has 0 saturated carbocycles. The Labute approximate surface area is 162 Å². The lowest BCUT2D eigenvalue weighted by Gasteiger charge is -2.12. The molecule has 0 spiro atoms. The highest BCUT2D eigenvalue weighted by atomic mass is 16.5. The summed E-state index contributed by atoms with van der Waals surface area (Å²) in [5.74, 6) is -0.188. The largest absolute Gasteiger partial charge is 0.489 e. The molecule has 2 rings (SSSR count). The third kappa shape index (κ3) is 7.14. The SMILES string of the molecule is CC(C)=CCCC(C)=CCc1cc(C(=O)O)ccc1OCc1ccccc1. The van der Waals surface area contributed by atoms with Gasteiger partial charge < -0.3 is 9.84 Å². The number of carboxylic acid groups (broad SMARTS) is 1. The molecule has 0 atom stereocenters. The first-order valence-electron chi connectivity index (χ1n) is 9.27. The Balaban J connectivity index is 2.12. The van der Waals surface area contributed by atoms with Crippen molar-refractivity contribution < 1.29 is 14.6 Å². The van der Waals surface area contributed by atoms with Gasteiger partial charge in [-0.05, 0) is 69.4 Å². The van der Waals surface area contributed by atoms with E-state index in [0.29, 0.717) is 13.0 Å². The maximum absolute atomic E-state index is 11.3. The van der Waals surface area contributed by atoms with Crippen LogP contribution in [0.1, 0.15) is 55.1 Å². The minimum Gasteiger partial charge on any atom is -0.489 e. The monoisotopic (exact) mass is 364 g/mol. The Kier molecular flexibility index (Phi) is 7.87. The average Bonchev–Trinajstić information content (AvgIpc) is 2.65. The Bertz CT molecular complexity index is 813. The molecule has 27 heavy (non-hydrogen) atoms. The predicted molar refractivity (Wildman–Crippen MR) is 110 cm³/mol. The van der Waals surface area contributed by atoms with E-state index >= 15 is 0 Å². The molecule has 0 aromatic heterocycles. The Morgan fingerprint density at radius 1 is 1.04 bits per heavy atom. The van der Waals surface area contributed by atoms with Gasteiger partial charge in [-0.2, -0.15) is 0 Å². The van der Waals surface area contributed by atoms with Gasteiger partial charge in [0.2, 0.25) is 0 Å². The van der Waals surface area contributed by atoms with Crippen LogP contribution in [0.5, 0.6) is 5.75 Å². The zero-order valence-corrected chi connectivity index (χ0v) is 16.4. The van der Waals surface area contributed by atoms with Gasteiger partial charge in [0.25, 0.3) is 0 Å². The van der Waals surface area contributed by atoms with Crippen LogP contribution in [0.2, 0.25) is 0 Å². The molecule has 0 aliphatic carbocycles. The average molecular weight is 364 g/mol. The van der Waals surface area contributed by atoms with Crippen LogP contribution in [0.3, 0.4) is 0 Å². The molecule has 142 valence electrons. The van der Waals surface area contributed by atoms with E-state index in [1.54, 1.807) is 18.2 Å². The van der Waals surface area contributed by atoms with Crippen molar-refractivity contribution >= 4 is 5.97 Å². The number of hydrogen-bond acceptors (Lipinski definition) is 2. The van der Waals surface area contributed by atoms with Crippen molar-refractivity contribution in [1.29, 1.82) is 0 Å². The van der Waals surface area contributed by atoms with Crippen LogP contribution in [-0.2, 0) is 13.0 Å². The molecule has 0 heterocycles. The molecule has 0 radical (unpaired) electrons. The molecule has 0 unspecified atom stereocenters. The summed E-state index contributed by atoms with van der Waals surface area (Å²) in [7, 11) is 0. The lowest BCUT2D eigenvalue weighted by Crippen LogP contribution is -2.02. The maximum Gasteiger partial charge on any atom is 0.335 e. The third-order valence-electron chi connectivity index (χ3n) is 4.31. The molecule has 0 aliphatic rings. The number of aromatic carboxylic acids is 1. The number of carbonyl (C=O) groups is 1. The molecule has 3 heteroatoms. The zero-order valence-electron chi connectivity index (χ0n) is 16.4. The lowest BCUT2D eigenvalue weighted by atomic mass is 10.0. The first kappa shape index (κ1) is 20.5. The molecule has 0 bridgehead atoms. The lowest BCUT2D eigenvalue weighted by molar-refractivity contribution is 0.0696. The molecular formula is C24H28O3. The Hall–Kier alpha value is -2.81. The molecule has 0 amide bonds. The highest BCUT2D eigenvalue weighted by Crippen LogP contribution is 2.23. The van der Waals surface area contributed by atoms with Crippen molar-refractivity contribution in [2.75, 3.05) is 0 Å². The maximum atomic E-state index is 11.3. The van der Waals surface area contributed by atoms with Gasteiger partial charge >= 0.3 is 5.97 Å². The van der Waals surface area contributed by atoms with Crippen molar-refractivity contribution in [2.24, 2.45) is 0 Å². The summed E-state index contributed by atoms with van der Waals surface area (Å²) in [6.07, 6.45) is 7.08. The number of allylic oxidation sites excluding steroid dienone is 4. The van der Waals surface area contributed by atoms with E-state index in [1.165, 1.54) is 11.1 Å². The minimum absolute atomic E-state index is 0.285. The summed E-state index contributed by atoms with van der Waals surface area (Å²) in [6.45, 7) is 6.79. The van der Waals surface area contributed by atoms with Gasteiger partial charge in [0.15, 0.2) is 0 Å². The number of hydrogen-bond donors (Lipinski definition) is 1. The summed E-state index contributed by atoms with van der Waals surface area (Å²) in [5.41, 5.74) is 4.88. The standard InChI is InChI=1S/C24H28O3/c1-18(2)8-7-9-19(3)12-13-21-16-22(24(25)26)14-15-23(21)27-17-20-10-5-4-6-11-20/h4-6,8,10-12,14-16H,7,9,13,17H2,1-3H3,(H,25,26). The predicted octanol–water partition coefficient (Wildman–Crippen LogP) is 6.20. The Morgan fingerprint density at radius 3 is 2.44 bits per heavy atom. The summed E-state index contributed by atoms with van der Waals surface area (Å²) >= 11 is 0. The molecule has 0 fully saturated rings. The second-order valence-electron chi connectivity index (χ2n) is 6.98. The van der Waals surface area contributed by atoms with Gasteiger partial charge in [0.1, 0.15) is 12.4 Å². The van der Waals surface area contributed by atoms with Gasteiger partial charge in [-0.15, -0.1) is 0 Å².